The summed E-state index contributed by atoms with van der Waals surface area (Å²) in [7, 11) is 0. The SMILES string of the molecule is CCCCn1nnc(CCN)c1C1CCCC1. The van der Waals surface area contributed by atoms with Crippen LogP contribution in [0.5, 0.6) is 0 Å². The van der Waals surface area contributed by atoms with E-state index < -0.39 is 0 Å². The highest BCUT2D eigenvalue weighted by molar-refractivity contribution is 5.17. The van der Waals surface area contributed by atoms with Crippen LogP contribution in [0, 0.1) is 0 Å². The first kappa shape index (κ1) is 12.6. The molecule has 0 atom stereocenters. The van der Waals surface area contributed by atoms with Gasteiger partial charge >= 0.3 is 0 Å². The third-order valence-corrected chi connectivity index (χ3v) is 3.69. The van der Waals surface area contributed by atoms with Crippen molar-refractivity contribution in [1.82, 2.24) is 15.0 Å². The minimum absolute atomic E-state index is 0.673. The van der Waals surface area contributed by atoms with Gasteiger partial charge in [-0.1, -0.05) is 31.4 Å². The Morgan fingerprint density at radius 3 is 2.76 bits per heavy atom. The fourth-order valence-electron chi connectivity index (χ4n) is 2.79. The molecular weight excluding hydrogens is 212 g/mol. The van der Waals surface area contributed by atoms with E-state index in [9.17, 15) is 0 Å². The third kappa shape index (κ3) is 2.86. The molecule has 1 saturated carbocycles. The molecule has 1 aliphatic rings. The van der Waals surface area contributed by atoms with Crippen LogP contribution in [0.1, 0.15) is 62.8 Å². The Bertz CT molecular complexity index is 339. The number of hydrogen-bond acceptors (Lipinski definition) is 3. The standard InChI is InChI=1S/C13H24N4/c1-2-3-10-17-13(11-6-4-5-7-11)12(8-9-14)15-16-17/h11H,2-10,14H2,1H3. The maximum absolute atomic E-state index is 5.66. The molecule has 0 radical (unpaired) electrons. The number of aryl methyl sites for hydroxylation is 1. The molecule has 4 nitrogen and oxygen atoms in total. The number of hydrogen-bond donors (Lipinski definition) is 1. The lowest BCUT2D eigenvalue weighted by Crippen LogP contribution is -2.11. The molecule has 96 valence electrons. The second-order valence-electron chi connectivity index (χ2n) is 5.02. The molecule has 2 N–H and O–H groups in total. The molecule has 1 heterocycles. The molecule has 1 fully saturated rings. The van der Waals surface area contributed by atoms with Crippen molar-refractivity contribution >= 4 is 0 Å². The molecule has 1 aliphatic carbocycles. The van der Waals surface area contributed by atoms with Crippen molar-refractivity contribution in [1.29, 1.82) is 0 Å². The minimum atomic E-state index is 0.673. The van der Waals surface area contributed by atoms with Gasteiger partial charge in [-0.2, -0.15) is 0 Å². The first-order valence-corrected chi connectivity index (χ1v) is 6.99. The molecule has 0 saturated heterocycles. The second-order valence-corrected chi connectivity index (χ2v) is 5.02. The maximum atomic E-state index is 5.66. The van der Waals surface area contributed by atoms with Crippen LogP contribution in [0.25, 0.3) is 0 Å². The van der Waals surface area contributed by atoms with Crippen molar-refractivity contribution in [2.24, 2.45) is 5.73 Å². The molecule has 4 heteroatoms. The molecule has 1 aromatic heterocycles. The van der Waals surface area contributed by atoms with Crippen molar-refractivity contribution in [2.75, 3.05) is 6.54 Å². The zero-order valence-electron chi connectivity index (χ0n) is 10.9. The van der Waals surface area contributed by atoms with Gasteiger partial charge in [-0.05, 0) is 25.8 Å². The molecule has 2 rings (SSSR count). The van der Waals surface area contributed by atoms with Crippen LogP contribution in [-0.4, -0.2) is 21.5 Å². The molecule has 0 aromatic carbocycles. The van der Waals surface area contributed by atoms with Gasteiger partial charge in [0.25, 0.3) is 0 Å². The summed E-state index contributed by atoms with van der Waals surface area (Å²) in [6.07, 6.45) is 8.57. The highest BCUT2D eigenvalue weighted by Crippen LogP contribution is 2.35. The molecular formula is C13H24N4. The van der Waals surface area contributed by atoms with Crippen LogP contribution >= 0.6 is 0 Å². The first-order chi connectivity index (χ1) is 8.36. The van der Waals surface area contributed by atoms with E-state index in [4.69, 9.17) is 5.73 Å². The summed E-state index contributed by atoms with van der Waals surface area (Å²) in [5.41, 5.74) is 8.20. The zero-order valence-corrected chi connectivity index (χ0v) is 10.9. The van der Waals surface area contributed by atoms with Gasteiger partial charge in [0.1, 0.15) is 0 Å². The third-order valence-electron chi connectivity index (χ3n) is 3.69. The Kier molecular flexibility index (Phi) is 4.54. The fraction of sp³-hybridized carbons (Fsp3) is 0.846. The quantitative estimate of drug-likeness (QED) is 0.824. The van der Waals surface area contributed by atoms with Gasteiger partial charge in [0.2, 0.25) is 0 Å². The number of nitrogens with zero attached hydrogens (tertiary/aromatic N) is 3. The van der Waals surface area contributed by atoms with E-state index in [1.54, 1.807) is 0 Å². The minimum Gasteiger partial charge on any atom is -0.330 e. The highest BCUT2D eigenvalue weighted by atomic mass is 15.4. The van der Waals surface area contributed by atoms with E-state index in [0.717, 1.165) is 18.7 Å². The van der Waals surface area contributed by atoms with Crippen LogP contribution in [0.2, 0.25) is 0 Å². The van der Waals surface area contributed by atoms with E-state index in [2.05, 4.69) is 21.9 Å². The molecule has 17 heavy (non-hydrogen) atoms. The van der Waals surface area contributed by atoms with Gasteiger partial charge in [0, 0.05) is 18.9 Å². The molecule has 1 aromatic rings. The molecule has 0 bridgehead atoms. The number of aromatic nitrogens is 3. The van der Waals surface area contributed by atoms with E-state index >= 15 is 0 Å². The summed E-state index contributed by atoms with van der Waals surface area (Å²) >= 11 is 0. The summed E-state index contributed by atoms with van der Waals surface area (Å²) in [4.78, 5) is 0. The first-order valence-electron chi connectivity index (χ1n) is 6.99. The van der Waals surface area contributed by atoms with Crippen LogP contribution < -0.4 is 5.73 Å². The summed E-state index contributed by atoms with van der Waals surface area (Å²) in [5.74, 6) is 0.684. The monoisotopic (exact) mass is 236 g/mol. The maximum Gasteiger partial charge on any atom is 0.0874 e. The molecule has 0 unspecified atom stereocenters. The Morgan fingerprint density at radius 2 is 2.12 bits per heavy atom. The average Bonchev–Trinajstić information content (AvgIpc) is 2.95. The normalized spacial score (nSPS) is 16.8. The summed E-state index contributed by atoms with van der Waals surface area (Å²) in [5, 5.41) is 8.66. The van der Waals surface area contributed by atoms with E-state index in [-0.39, 0.29) is 0 Å². The van der Waals surface area contributed by atoms with Gasteiger partial charge < -0.3 is 5.73 Å². The van der Waals surface area contributed by atoms with Crippen molar-refractivity contribution < 1.29 is 0 Å². The lowest BCUT2D eigenvalue weighted by molar-refractivity contribution is 0.508. The summed E-state index contributed by atoms with van der Waals surface area (Å²) in [6.45, 7) is 3.90. The van der Waals surface area contributed by atoms with Gasteiger partial charge in [-0.3, -0.25) is 0 Å². The summed E-state index contributed by atoms with van der Waals surface area (Å²) in [6, 6.07) is 0. The van der Waals surface area contributed by atoms with Crippen molar-refractivity contribution in [3.63, 3.8) is 0 Å². The number of rotatable bonds is 6. The Labute approximate surface area is 104 Å². The van der Waals surface area contributed by atoms with Crippen LogP contribution in [0.15, 0.2) is 0 Å². The Morgan fingerprint density at radius 1 is 1.35 bits per heavy atom. The van der Waals surface area contributed by atoms with Crippen LogP contribution in [0.4, 0.5) is 0 Å². The number of nitrogens with two attached hydrogens (primary N) is 1. The lowest BCUT2D eigenvalue weighted by Gasteiger charge is -2.13. The predicted molar refractivity (Wildman–Crippen MR) is 68.9 cm³/mol. The highest BCUT2D eigenvalue weighted by Gasteiger charge is 2.24. The largest absolute Gasteiger partial charge is 0.330 e. The number of unbranched alkanes of at least 4 members (excludes halogenated alkanes) is 1. The zero-order chi connectivity index (χ0) is 12.1. The van der Waals surface area contributed by atoms with Crippen molar-refractivity contribution in [3.8, 4) is 0 Å². The van der Waals surface area contributed by atoms with Crippen LogP contribution in [0.3, 0.4) is 0 Å². The van der Waals surface area contributed by atoms with Crippen molar-refractivity contribution in [3.05, 3.63) is 11.4 Å². The lowest BCUT2D eigenvalue weighted by atomic mass is 10.0. The predicted octanol–water partition coefficient (Wildman–Crippen LogP) is 2.24. The van der Waals surface area contributed by atoms with E-state index in [1.807, 2.05) is 0 Å². The van der Waals surface area contributed by atoms with Crippen LogP contribution in [-0.2, 0) is 13.0 Å². The average molecular weight is 236 g/mol. The van der Waals surface area contributed by atoms with Gasteiger partial charge in [-0.25, -0.2) is 4.68 Å². The molecule has 0 spiro atoms. The van der Waals surface area contributed by atoms with Gasteiger partial charge in [-0.15, -0.1) is 5.10 Å². The summed E-state index contributed by atoms with van der Waals surface area (Å²) < 4.78 is 2.14. The Balaban J connectivity index is 2.18. The fourth-order valence-corrected chi connectivity index (χ4v) is 2.79. The molecule has 0 amide bonds. The van der Waals surface area contributed by atoms with E-state index in [0.29, 0.717) is 12.5 Å². The smallest absolute Gasteiger partial charge is 0.0874 e. The van der Waals surface area contributed by atoms with Gasteiger partial charge in [0.05, 0.1) is 11.4 Å². The Hall–Kier alpha value is -0.900. The molecule has 0 aliphatic heterocycles. The topological polar surface area (TPSA) is 56.7 Å². The van der Waals surface area contributed by atoms with E-state index in [1.165, 1.54) is 44.2 Å². The van der Waals surface area contributed by atoms with Gasteiger partial charge in [0.15, 0.2) is 0 Å². The van der Waals surface area contributed by atoms with Crippen molar-refractivity contribution in [2.45, 2.75) is 64.3 Å². The second kappa shape index (κ2) is 6.15.